The van der Waals surface area contributed by atoms with Crippen molar-refractivity contribution in [1.29, 1.82) is 0 Å². The summed E-state index contributed by atoms with van der Waals surface area (Å²) in [4.78, 5) is 14.1. The van der Waals surface area contributed by atoms with Crippen molar-refractivity contribution in [3.05, 3.63) is 35.4 Å². The zero-order chi connectivity index (χ0) is 13.8. The molecule has 3 nitrogen and oxygen atoms in total. The first-order valence-corrected chi connectivity index (χ1v) is 7.13. The molecule has 104 valence electrons. The normalized spacial score (nSPS) is 23.2. The van der Waals surface area contributed by atoms with E-state index in [0.717, 1.165) is 18.7 Å². The van der Waals surface area contributed by atoms with Crippen molar-refractivity contribution in [2.24, 2.45) is 11.8 Å². The van der Waals surface area contributed by atoms with Gasteiger partial charge in [0.25, 0.3) is 0 Å². The van der Waals surface area contributed by atoms with Crippen LogP contribution in [0.4, 0.5) is 4.79 Å². The van der Waals surface area contributed by atoms with Crippen molar-refractivity contribution in [2.75, 3.05) is 13.1 Å². The summed E-state index contributed by atoms with van der Waals surface area (Å²) in [5, 5.41) is 3.02. The number of likely N-dealkylation sites (tertiary alicyclic amines) is 1. The van der Waals surface area contributed by atoms with E-state index in [9.17, 15) is 4.79 Å². The van der Waals surface area contributed by atoms with Crippen LogP contribution in [0.3, 0.4) is 0 Å². The number of hydrogen-bond donors (Lipinski definition) is 1. The van der Waals surface area contributed by atoms with E-state index >= 15 is 0 Å². The van der Waals surface area contributed by atoms with Gasteiger partial charge in [0.15, 0.2) is 0 Å². The molecule has 2 atom stereocenters. The molecule has 2 rings (SSSR count). The molecule has 2 amide bonds. The predicted octanol–water partition coefficient (Wildman–Crippen LogP) is 3.18. The van der Waals surface area contributed by atoms with Crippen molar-refractivity contribution in [2.45, 2.75) is 33.7 Å². The number of urea groups is 1. The number of carbonyl (C=O) groups is 1. The Kier molecular flexibility index (Phi) is 4.46. The molecule has 1 saturated heterocycles. The zero-order valence-corrected chi connectivity index (χ0v) is 12.1. The molecule has 1 aromatic carbocycles. The molecule has 1 aromatic rings. The standard InChI is InChI=1S/C16H24N2O/c1-12-4-6-15(7-5-12)9-17-16(19)18-10-13(2)8-14(3)11-18/h4-7,13-14H,8-11H2,1-3H3,(H,17,19). The van der Waals surface area contributed by atoms with Gasteiger partial charge >= 0.3 is 6.03 Å². The Hall–Kier alpha value is -1.51. The van der Waals surface area contributed by atoms with Crippen LogP contribution < -0.4 is 5.32 Å². The summed E-state index contributed by atoms with van der Waals surface area (Å²) in [6.45, 7) is 8.87. The lowest BCUT2D eigenvalue weighted by Gasteiger charge is -2.34. The van der Waals surface area contributed by atoms with Crippen LogP contribution in [-0.2, 0) is 6.54 Å². The maximum absolute atomic E-state index is 12.1. The minimum Gasteiger partial charge on any atom is -0.334 e. The Balaban J connectivity index is 1.85. The summed E-state index contributed by atoms with van der Waals surface area (Å²) < 4.78 is 0. The minimum absolute atomic E-state index is 0.0685. The van der Waals surface area contributed by atoms with Gasteiger partial charge in [0.1, 0.15) is 0 Å². The van der Waals surface area contributed by atoms with Crippen molar-refractivity contribution in [3.8, 4) is 0 Å². The summed E-state index contributed by atoms with van der Waals surface area (Å²) in [6.07, 6.45) is 1.22. The van der Waals surface area contributed by atoms with E-state index in [0.29, 0.717) is 18.4 Å². The average Bonchev–Trinajstić information content (AvgIpc) is 2.36. The third-order valence-corrected chi connectivity index (χ3v) is 3.72. The molecule has 0 bridgehead atoms. The van der Waals surface area contributed by atoms with Crippen LogP contribution in [0, 0.1) is 18.8 Å². The van der Waals surface area contributed by atoms with Crippen LogP contribution in [0.25, 0.3) is 0 Å². The van der Waals surface area contributed by atoms with Gasteiger partial charge in [-0.25, -0.2) is 4.79 Å². The van der Waals surface area contributed by atoms with Crippen molar-refractivity contribution in [1.82, 2.24) is 10.2 Å². The first-order chi connectivity index (χ1) is 9.04. The first-order valence-electron chi connectivity index (χ1n) is 7.13. The molecular weight excluding hydrogens is 236 g/mol. The van der Waals surface area contributed by atoms with Gasteiger partial charge in [0.2, 0.25) is 0 Å². The third-order valence-electron chi connectivity index (χ3n) is 3.72. The second-order valence-electron chi connectivity index (χ2n) is 6.00. The van der Waals surface area contributed by atoms with Crippen molar-refractivity contribution in [3.63, 3.8) is 0 Å². The SMILES string of the molecule is Cc1ccc(CNC(=O)N2CC(C)CC(C)C2)cc1. The molecule has 1 aliphatic heterocycles. The van der Waals surface area contributed by atoms with Gasteiger partial charge in [0, 0.05) is 19.6 Å². The van der Waals surface area contributed by atoms with Crippen LogP contribution in [-0.4, -0.2) is 24.0 Å². The summed E-state index contributed by atoms with van der Waals surface area (Å²) >= 11 is 0. The maximum atomic E-state index is 12.1. The Labute approximate surface area is 116 Å². The van der Waals surface area contributed by atoms with Gasteiger partial charge in [-0.2, -0.15) is 0 Å². The largest absolute Gasteiger partial charge is 0.334 e. The summed E-state index contributed by atoms with van der Waals surface area (Å²) in [5.74, 6) is 1.21. The van der Waals surface area contributed by atoms with E-state index in [1.165, 1.54) is 12.0 Å². The van der Waals surface area contributed by atoms with Gasteiger partial charge in [0.05, 0.1) is 0 Å². The zero-order valence-electron chi connectivity index (χ0n) is 12.1. The Morgan fingerprint density at radius 1 is 1.21 bits per heavy atom. The van der Waals surface area contributed by atoms with Crippen LogP contribution in [0.15, 0.2) is 24.3 Å². The van der Waals surface area contributed by atoms with Gasteiger partial charge in [-0.05, 0) is 30.7 Å². The van der Waals surface area contributed by atoms with E-state index in [2.05, 4.69) is 50.4 Å². The highest BCUT2D eigenvalue weighted by Crippen LogP contribution is 2.20. The lowest BCUT2D eigenvalue weighted by atomic mass is 9.92. The smallest absolute Gasteiger partial charge is 0.317 e. The highest BCUT2D eigenvalue weighted by molar-refractivity contribution is 5.74. The molecule has 1 heterocycles. The second-order valence-corrected chi connectivity index (χ2v) is 6.00. The fourth-order valence-corrected chi connectivity index (χ4v) is 2.82. The van der Waals surface area contributed by atoms with Crippen LogP contribution in [0.5, 0.6) is 0 Å². The molecule has 19 heavy (non-hydrogen) atoms. The number of rotatable bonds is 2. The number of carbonyl (C=O) groups excluding carboxylic acids is 1. The maximum Gasteiger partial charge on any atom is 0.317 e. The highest BCUT2D eigenvalue weighted by atomic mass is 16.2. The Morgan fingerprint density at radius 3 is 2.37 bits per heavy atom. The molecule has 0 radical (unpaired) electrons. The lowest BCUT2D eigenvalue weighted by Crippen LogP contribution is -2.47. The number of nitrogens with one attached hydrogen (secondary N) is 1. The number of nitrogens with zero attached hydrogens (tertiary/aromatic N) is 1. The fraction of sp³-hybridized carbons (Fsp3) is 0.562. The Morgan fingerprint density at radius 2 is 1.79 bits per heavy atom. The van der Waals surface area contributed by atoms with Gasteiger partial charge in [-0.1, -0.05) is 43.7 Å². The van der Waals surface area contributed by atoms with Crippen molar-refractivity contribution >= 4 is 6.03 Å². The van der Waals surface area contributed by atoms with E-state index in [-0.39, 0.29) is 6.03 Å². The molecule has 1 fully saturated rings. The average molecular weight is 260 g/mol. The van der Waals surface area contributed by atoms with Gasteiger partial charge < -0.3 is 10.2 Å². The topological polar surface area (TPSA) is 32.3 Å². The molecule has 1 N–H and O–H groups in total. The third kappa shape index (κ3) is 3.98. The monoisotopic (exact) mass is 260 g/mol. The number of hydrogen-bond acceptors (Lipinski definition) is 1. The minimum atomic E-state index is 0.0685. The van der Waals surface area contributed by atoms with Gasteiger partial charge in [-0.15, -0.1) is 0 Å². The van der Waals surface area contributed by atoms with Gasteiger partial charge in [-0.3, -0.25) is 0 Å². The summed E-state index contributed by atoms with van der Waals surface area (Å²) in [6, 6.07) is 8.35. The second kappa shape index (κ2) is 6.09. The number of piperidine rings is 1. The molecule has 3 heteroatoms. The van der Waals surface area contributed by atoms with E-state index < -0.39 is 0 Å². The molecule has 2 unspecified atom stereocenters. The van der Waals surface area contributed by atoms with Crippen LogP contribution in [0.1, 0.15) is 31.4 Å². The number of aryl methyl sites for hydroxylation is 1. The summed E-state index contributed by atoms with van der Waals surface area (Å²) in [7, 11) is 0. The van der Waals surface area contributed by atoms with Crippen molar-refractivity contribution < 1.29 is 4.79 Å². The highest BCUT2D eigenvalue weighted by Gasteiger charge is 2.24. The summed E-state index contributed by atoms with van der Waals surface area (Å²) in [5.41, 5.74) is 2.39. The molecule has 0 saturated carbocycles. The van der Waals surface area contributed by atoms with E-state index in [1.54, 1.807) is 0 Å². The van der Waals surface area contributed by atoms with E-state index in [4.69, 9.17) is 0 Å². The molecule has 1 aliphatic rings. The van der Waals surface area contributed by atoms with E-state index in [1.807, 2.05) is 4.90 Å². The Bertz CT molecular complexity index is 417. The fourth-order valence-electron chi connectivity index (χ4n) is 2.82. The van der Waals surface area contributed by atoms with Crippen LogP contribution >= 0.6 is 0 Å². The predicted molar refractivity (Wildman–Crippen MR) is 77.9 cm³/mol. The first kappa shape index (κ1) is 13.9. The lowest BCUT2D eigenvalue weighted by molar-refractivity contribution is 0.146. The number of benzene rings is 1. The molecule has 0 aromatic heterocycles. The molecular formula is C16H24N2O. The number of amides is 2. The molecule has 0 spiro atoms. The van der Waals surface area contributed by atoms with Crippen LogP contribution in [0.2, 0.25) is 0 Å². The quantitative estimate of drug-likeness (QED) is 0.870. The molecule has 0 aliphatic carbocycles.